The number of nitrogens with zero attached hydrogens (tertiary/aromatic N) is 2. The van der Waals surface area contributed by atoms with Crippen LogP contribution in [-0.2, 0) is 25.6 Å². The molecule has 2 heterocycles. The van der Waals surface area contributed by atoms with Crippen LogP contribution in [-0.4, -0.2) is 122 Å². The molecule has 1 aliphatic heterocycles. The molecule has 0 spiro atoms. The molecule has 11 atom stereocenters. The van der Waals surface area contributed by atoms with E-state index in [9.17, 15) is 34.8 Å². The summed E-state index contributed by atoms with van der Waals surface area (Å²) < 4.78 is 12.5. The van der Waals surface area contributed by atoms with Gasteiger partial charge in [0.1, 0.15) is 48.9 Å². The predicted octanol–water partition coefficient (Wildman–Crippen LogP) is -6.51. The van der Waals surface area contributed by atoms with Crippen LogP contribution >= 0.6 is 0 Å². The summed E-state index contributed by atoms with van der Waals surface area (Å²) in [5, 5.41) is 46.8. The molecule has 1 aromatic heterocycles. The van der Waals surface area contributed by atoms with Crippen molar-refractivity contribution in [1.29, 1.82) is 0 Å². The highest BCUT2D eigenvalue weighted by Gasteiger charge is 2.48. The first-order valence-electron chi connectivity index (χ1n) is 13.7. The second-order valence-corrected chi connectivity index (χ2v) is 10.7. The van der Waals surface area contributed by atoms with Gasteiger partial charge in [-0.2, -0.15) is 4.98 Å². The number of aliphatic hydroxyl groups is 4. The van der Waals surface area contributed by atoms with Crippen molar-refractivity contribution >= 4 is 17.6 Å². The van der Waals surface area contributed by atoms with Crippen LogP contribution in [0.15, 0.2) is 17.1 Å². The third-order valence-corrected chi connectivity index (χ3v) is 7.42. The van der Waals surface area contributed by atoms with Crippen molar-refractivity contribution in [3.05, 3.63) is 22.7 Å². The Morgan fingerprint density at radius 1 is 1.10 bits per heavy atom. The summed E-state index contributed by atoms with van der Waals surface area (Å²) in [5.74, 6) is -1.26. The van der Waals surface area contributed by atoms with E-state index < -0.39 is 91.1 Å². The van der Waals surface area contributed by atoms with Crippen molar-refractivity contribution in [3.63, 3.8) is 0 Å². The monoisotopic (exact) mass is 601 g/mol. The number of carbonyl (C=O) groups excluding carboxylic acids is 2. The van der Waals surface area contributed by atoms with Gasteiger partial charge in [-0.25, -0.2) is 4.79 Å². The quantitative estimate of drug-likeness (QED) is 0.0992. The van der Waals surface area contributed by atoms with Crippen LogP contribution in [0.1, 0.15) is 25.7 Å². The number of ether oxygens (including phenoxy) is 2. The van der Waals surface area contributed by atoms with Crippen molar-refractivity contribution in [3.8, 4) is 0 Å². The molecule has 42 heavy (non-hydrogen) atoms. The van der Waals surface area contributed by atoms with Crippen LogP contribution < -0.4 is 45.0 Å². The van der Waals surface area contributed by atoms with E-state index in [2.05, 4.69) is 15.6 Å². The molecule has 3 rings (SSSR count). The number of unbranched alkanes of at least 4 members (excludes halogenated alkanes) is 1. The van der Waals surface area contributed by atoms with Crippen molar-refractivity contribution < 1.29 is 39.5 Å². The molecule has 238 valence electrons. The summed E-state index contributed by atoms with van der Waals surface area (Å²) in [5.41, 5.74) is 28.1. The van der Waals surface area contributed by atoms with Gasteiger partial charge in [0.05, 0.1) is 12.1 Å². The van der Waals surface area contributed by atoms with Crippen LogP contribution in [0.3, 0.4) is 0 Å². The molecule has 0 aromatic carbocycles. The molecule has 18 nitrogen and oxygen atoms in total. The molecule has 18 heteroatoms. The lowest BCUT2D eigenvalue weighted by atomic mass is 9.84. The molecule has 1 aromatic rings. The highest BCUT2D eigenvalue weighted by atomic mass is 16.7. The topological polar surface area (TPSA) is 323 Å². The smallest absolute Gasteiger partial charge is 0.349 e. The third-order valence-electron chi connectivity index (χ3n) is 7.42. The molecule has 16 N–H and O–H groups in total. The standard InChI is InChI=1S/C24H43N9O9/c25-5-2-1-3-12(31-15(34)9-33-6-4-14(28)32-24(33)40)22(39)30-8-13-18(36)19(37)16(29)23(41-13)42-21-11(27)7-10(26)17(35)20(21)38/h4,6,10-13,16-21,23,35-38H,1-3,5,7-9,25-27,29H2,(H,30,39)(H,31,34)(H2,28,32,40)/t10-,11+,12-,13-,16-,17+,18-,19-,20-,21-,23-/m1/s1. The number of hydrogen-bond acceptors (Lipinski definition) is 15. The Morgan fingerprint density at radius 3 is 2.48 bits per heavy atom. The van der Waals surface area contributed by atoms with Crippen LogP contribution in [0.5, 0.6) is 0 Å². The van der Waals surface area contributed by atoms with E-state index >= 15 is 0 Å². The summed E-state index contributed by atoms with van der Waals surface area (Å²) >= 11 is 0. The van der Waals surface area contributed by atoms with Gasteiger partial charge in [0, 0.05) is 24.8 Å². The van der Waals surface area contributed by atoms with E-state index in [0.29, 0.717) is 19.4 Å². The van der Waals surface area contributed by atoms with Gasteiger partial charge in [-0.3, -0.25) is 14.2 Å². The molecule has 1 aliphatic carbocycles. The van der Waals surface area contributed by atoms with Gasteiger partial charge in [-0.05, 0) is 38.3 Å². The van der Waals surface area contributed by atoms with Gasteiger partial charge in [-0.15, -0.1) is 0 Å². The van der Waals surface area contributed by atoms with Gasteiger partial charge in [0.15, 0.2) is 6.29 Å². The summed E-state index contributed by atoms with van der Waals surface area (Å²) in [7, 11) is 0. The van der Waals surface area contributed by atoms with E-state index in [-0.39, 0.29) is 25.2 Å². The van der Waals surface area contributed by atoms with E-state index in [1.165, 1.54) is 12.3 Å². The second kappa shape index (κ2) is 15.1. The highest BCUT2D eigenvalue weighted by Crippen LogP contribution is 2.27. The van der Waals surface area contributed by atoms with Gasteiger partial charge >= 0.3 is 5.69 Å². The molecule has 1 saturated carbocycles. The van der Waals surface area contributed by atoms with Crippen molar-refractivity contribution in [1.82, 2.24) is 20.2 Å². The first kappa shape index (κ1) is 33.7. The fourth-order valence-electron chi connectivity index (χ4n) is 4.91. The molecule has 0 radical (unpaired) electrons. The van der Waals surface area contributed by atoms with Gasteiger partial charge in [0.2, 0.25) is 11.8 Å². The van der Waals surface area contributed by atoms with Crippen LogP contribution in [0.4, 0.5) is 5.82 Å². The average Bonchev–Trinajstić information content (AvgIpc) is 2.94. The number of rotatable bonds is 12. The predicted molar refractivity (Wildman–Crippen MR) is 147 cm³/mol. The van der Waals surface area contributed by atoms with Crippen molar-refractivity contribution in [2.75, 3.05) is 18.8 Å². The van der Waals surface area contributed by atoms with E-state index in [1.807, 2.05) is 0 Å². The number of hydrogen-bond donors (Lipinski definition) is 11. The van der Waals surface area contributed by atoms with E-state index in [0.717, 1.165) is 4.57 Å². The molecule has 2 amide bonds. The van der Waals surface area contributed by atoms with Crippen molar-refractivity contribution in [2.24, 2.45) is 22.9 Å². The Hall–Kier alpha value is -2.78. The zero-order valence-corrected chi connectivity index (χ0v) is 23.1. The summed E-state index contributed by atoms with van der Waals surface area (Å²) in [6.07, 6.45) is -6.82. The SMILES string of the molecule is NCCCC[C@@H](NC(=O)Cn1ccc(N)nc1=O)C(=O)NC[C@H]1O[C@H](O[C@H]2[C@H](O)[C@@H](O)[C@H](N)C[C@@H]2N)[C@H](N)[C@@H](O)[C@@H]1O. The largest absolute Gasteiger partial charge is 0.389 e. The van der Waals surface area contributed by atoms with Gasteiger partial charge in [-0.1, -0.05) is 0 Å². The molecule has 1 saturated heterocycles. The summed E-state index contributed by atoms with van der Waals surface area (Å²) in [4.78, 5) is 41.2. The minimum Gasteiger partial charge on any atom is -0.389 e. The Labute approximate surface area is 241 Å². The Kier molecular flexibility index (Phi) is 12.1. The van der Waals surface area contributed by atoms with E-state index in [1.54, 1.807) is 0 Å². The average molecular weight is 602 g/mol. The number of carbonyl (C=O) groups is 2. The zero-order chi connectivity index (χ0) is 31.1. The molecule has 0 unspecified atom stereocenters. The number of nitrogens with one attached hydrogen (secondary N) is 2. The molecular weight excluding hydrogens is 558 g/mol. The maximum atomic E-state index is 13.1. The van der Waals surface area contributed by atoms with Crippen LogP contribution in [0, 0.1) is 0 Å². The Bertz CT molecular complexity index is 1110. The van der Waals surface area contributed by atoms with Gasteiger partial charge < -0.3 is 69.2 Å². The van der Waals surface area contributed by atoms with Crippen LogP contribution in [0.2, 0.25) is 0 Å². The number of nitrogen functional groups attached to an aromatic ring is 1. The first-order chi connectivity index (χ1) is 19.8. The summed E-state index contributed by atoms with van der Waals surface area (Å²) in [6.45, 7) is -0.352. The Morgan fingerprint density at radius 2 is 1.81 bits per heavy atom. The zero-order valence-electron chi connectivity index (χ0n) is 23.1. The number of amides is 2. The fraction of sp³-hybridized carbons (Fsp3) is 0.750. The number of aliphatic hydroxyl groups excluding tert-OH is 4. The molecule has 2 fully saturated rings. The number of nitrogens with two attached hydrogens (primary N) is 5. The normalized spacial score (nSPS) is 34.0. The molecular formula is C24H43N9O9. The van der Waals surface area contributed by atoms with Gasteiger partial charge in [0.25, 0.3) is 0 Å². The summed E-state index contributed by atoms with van der Waals surface area (Å²) in [6, 6.07) is -2.48. The maximum absolute atomic E-state index is 13.1. The van der Waals surface area contributed by atoms with Crippen LogP contribution in [0.25, 0.3) is 0 Å². The minimum absolute atomic E-state index is 0.00100. The minimum atomic E-state index is -1.54. The lowest BCUT2D eigenvalue weighted by Gasteiger charge is -2.46. The lowest BCUT2D eigenvalue weighted by Crippen LogP contribution is -2.67. The third kappa shape index (κ3) is 8.40. The van der Waals surface area contributed by atoms with Crippen molar-refractivity contribution in [2.45, 2.75) is 99.3 Å². The van der Waals surface area contributed by atoms with E-state index in [4.69, 9.17) is 38.1 Å². The Balaban J connectivity index is 1.63. The highest BCUT2D eigenvalue weighted by molar-refractivity contribution is 5.87. The fourth-order valence-corrected chi connectivity index (χ4v) is 4.91. The lowest BCUT2D eigenvalue weighted by molar-refractivity contribution is -0.288. The first-order valence-corrected chi connectivity index (χ1v) is 13.7. The second-order valence-electron chi connectivity index (χ2n) is 10.7. The maximum Gasteiger partial charge on any atom is 0.349 e. The number of aromatic nitrogens is 2. The molecule has 2 aliphatic rings. The number of anilines is 1. The molecule has 0 bridgehead atoms.